The van der Waals surface area contributed by atoms with Gasteiger partial charge in [0.15, 0.2) is 5.82 Å². The van der Waals surface area contributed by atoms with Crippen LogP contribution >= 0.6 is 0 Å². The molecule has 0 saturated heterocycles. The summed E-state index contributed by atoms with van der Waals surface area (Å²) in [5.74, 6) is -0.423. The predicted molar refractivity (Wildman–Crippen MR) is 87.1 cm³/mol. The topological polar surface area (TPSA) is 68.0 Å². The Balaban J connectivity index is 1.72. The molecule has 1 amide bonds. The van der Waals surface area contributed by atoms with Gasteiger partial charge in [0.05, 0.1) is 17.7 Å². The van der Waals surface area contributed by atoms with Crippen molar-refractivity contribution in [2.75, 3.05) is 0 Å². The van der Waals surface area contributed by atoms with Crippen LogP contribution in [0.2, 0.25) is 0 Å². The molecule has 0 radical (unpaired) electrons. The van der Waals surface area contributed by atoms with Gasteiger partial charge in [0, 0.05) is 5.56 Å². The second kappa shape index (κ2) is 6.99. The van der Waals surface area contributed by atoms with Crippen LogP contribution < -0.4 is 5.32 Å². The number of benzene rings is 2. The van der Waals surface area contributed by atoms with Crippen LogP contribution in [0.1, 0.15) is 27.3 Å². The highest BCUT2D eigenvalue weighted by molar-refractivity contribution is 5.95. The van der Waals surface area contributed by atoms with Crippen molar-refractivity contribution in [2.24, 2.45) is 0 Å². The van der Waals surface area contributed by atoms with Crippen LogP contribution in [-0.2, 0) is 12.7 Å². The van der Waals surface area contributed by atoms with Gasteiger partial charge in [-0.15, -0.1) is 0 Å². The van der Waals surface area contributed by atoms with E-state index in [0.717, 1.165) is 23.3 Å². The molecule has 0 spiro atoms. The van der Waals surface area contributed by atoms with Crippen LogP contribution in [0, 0.1) is 6.92 Å². The molecule has 0 saturated carbocycles. The molecule has 1 aromatic heterocycles. The van der Waals surface area contributed by atoms with Gasteiger partial charge in [-0.3, -0.25) is 4.79 Å². The average Bonchev–Trinajstić information content (AvgIpc) is 3.08. The van der Waals surface area contributed by atoms with Gasteiger partial charge < -0.3 is 9.84 Å². The average molecular weight is 361 g/mol. The molecule has 2 aromatic carbocycles. The Morgan fingerprint density at radius 3 is 2.65 bits per heavy atom. The standard InChI is InChI=1S/C18H14F3N3O2/c1-11-5-4-6-12(9-11)17-23-15(24-26-17)10-22-16(25)13-7-2-3-8-14(13)18(19,20)21/h2-9H,10H2,1H3,(H,22,25). The zero-order chi connectivity index (χ0) is 18.7. The first kappa shape index (κ1) is 17.7. The molecule has 0 atom stereocenters. The molecule has 26 heavy (non-hydrogen) atoms. The van der Waals surface area contributed by atoms with Crippen LogP contribution in [0.4, 0.5) is 13.2 Å². The Morgan fingerprint density at radius 2 is 1.92 bits per heavy atom. The molecule has 3 aromatic rings. The number of halogens is 3. The molecule has 3 rings (SSSR count). The maximum absolute atomic E-state index is 13.0. The number of rotatable bonds is 4. The van der Waals surface area contributed by atoms with E-state index in [2.05, 4.69) is 15.5 Å². The smallest absolute Gasteiger partial charge is 0.345 e. The van der Waals surface area contributed by atoms with Crippen molar-refractivity contribution in [3.8, 4) is 11.5 Å². The Bertz CT molecular complexity index is 935. The van der Waals surface area contributed by atoms with E-state index in [1.807, 2.05) is 25.1 Å². The van der Waals surface area contributed by atoms with Gasteiger partial charge in [-0.2, -0.15) is 18.2 Å². The minimum absolute atomic E-state index is 0.152. The summed E-state index contributed by atoms with van der Waals surface area (Å²) in [5.41, 5.74) is 0.283. The lowest BCUT2D eigenvalue weighted by atomic mass is 10.1. The van der Waals surface area contributed by atoms with E-state index in [1.165, 1.54) is 12.1 Å². The van der Waals surface area contributed by atoms with Gasteiger partial charge in [-0.05, 0) is 31.2 Å². The molecule has 1 heterocycles. The molecular formula is C18H14F3N3O2. The normalized spacial score (nSPS) is 11.4. The third kappa shape index (κ3) is 3.90. The summed E-state index contributed by atoms with van der Waals surface area (Å²) in [5, 5.41) is 6.12. The lowest BCUT2D eigenvalue weighted by Crippen LogP contribution is -2.26. The number of amides is 1. The number of carbonyl (C=O) groups is 1. The van der Waals surface area contributed by atoms with Gasteiger partial charge in [0.1, 0.15) is 0 Å². The number of carbonyl (C=O) groups excluding carboxylic acids is 1. The quantitative estimate of drug-likeness (QED) is 0.763. The molecule has 0 fully saturated rings. The summed E-state index contributed by atoms with van der Waals surface area (Å²) in [7, 11) is 0. The molecule has 1 N–H and O–H groups in total. The summed E-state index contributed by atoms with van der Waals surface area (Å²) in [6, 6.07) is 12.0. The monoisotopic (exact) mass is 361 g/mol. The van der Waals surface area contributed by atoms with E-state index in [1.54, 1.807) is 6.07 Å². The van der Waals surface area contributed by atoms with Crippen molar-refractivity contribution in [2.45, 2.75) is 19.6 Å². The summed E-state index contributed by atoms with van der Waals surface area (Å²) in [4.78, 5) is 16.3. The number of hydrogen-bond donors (Lipinski definition) is 1. The first-order valence-electron chi connectivity index (χ1n) is 7.68. The van der Waals surface area contributed by atoms with Crippen molar-refractivity contribution in [3.05, 3.63) is 71.0 Å². The van der Waals surface area contributed by atoms with Crippen molar-refractivity contribution < 1.29 is 22.5 Å². The highest BCUT2D eigenvalue weighted by atomic mass is 19.4. The number of aryl methyl sites for hydroxylation is 1. The fourth-order valence-corrected chi connectivity index (χ4v) is 2.40. The number of nitrogens with zero attached hydrogens (tertiary/aromatic N) is 2. The van der Waals surface area contributed by atoms with Crippen LogP contribution in [0.25, 0.3) is 11.5 Å². The lowest BCUT2D eigenvalue weighted by Gasteiger charge is -2.11. The summed E-state index contributed by atoms with van der Waals surface area (Å²) in [6.07, 6.45) is -4.61. The van der Waals surface area contributed by atoms with E-state index in [-0.39, 0.29) is 18.3 Å². The van der Waals surface area contributed by atoms with Gasteiger partial charge in [-0.1, -0.05) is 35.0 Å². The minimum Gasteiger partial charge on any atom is -0.345 e. The predicted octanol–water partition coefficient (Wildman–Crippen LogP) is 3.99. The second-order valence-corrected chi connectivity index (χ2v) is 5.61. The van der Waals surface area contributed by atoms with Crippen molar-refractivity contribution in [1.82, 2.24) is 15.5 Å². The van der Waals surface area contributed by atoms with Gasteiger partial charge in [-0.25, -0.2) is 0 Å². The largest absolute Gasteiger partial charge is 0.417 e. The van der Waals surface area contributed by atoms with Crippen LogP contribution in [-0.4, -0.2) is 16.0 Å². The first-order chi connectivity index (χ1) is 12.3. The van der Waals surface area contributed by atoms with Gasteiger partial charge >= 0.3 is 6.18 Å². The number of nitrogens with one attached hydrogen (secondary N) is 1. The van der Waals surface area contributed by atoms with E-state index >= 15 is 0 Å². The van der Waals surface area contributed by atoms with E-state index in [4.69, 9.17) is 4.52 Å². The van der Waals surface area contributed by atoms with E-state index < -0.39 is 23.2 Å². The van der Waals surface area contributed by atoms with Gasteiger partial charge in [0.25, 0.3) is 11.8 Å². The van der Waals surface area contributed by atoms with Crippen molar-refractivity contribution in [1.29, 1.82) is 0 Å². The molecule has 0 bridgehead atoms. The fourth-order valence-electron chi connectivity index (χ4n) is 2.40. The maximum atomic E-state index is 13.0. The fraction of sp³-hybridized carbons (Fsp3) is 0.167. The van der Waals surface area contributed by atoms with Gasteiger partial charge in [0.2, 0.25) is 0 Å². The van der Waals surface area contributed by atoms with E-state index in [0.29, 0.717) is 0 Å². The number of hydrogen-bond acceptors (Lipinski definition) is 4. The summed E-state index contributed by atoms with van der Waals surface area (Å²) in [6.45, 7) is 1.76. The Kier molecular flexibility index (Phi) is 4.75. The molecule has 0 aliphatic carbocycles. The highest BCUT2D eigenvalue weighted by Crippen LogP contribution is 2.31. The molecule has 0 aliphatic rings. The van der Waals surface area contributed by atoms with Crippen LogP contribution in [0.15, 0.2) is 53.1 Å². The molecule has 134 valence electrons. The highest BCUT2D eigenvalue weighted by Gasteiger charge is 2.34. The number of aromatic nitrogens is 2. The van der Waals surface area contributed by atoms with Crippen molar-refractivity contribution in [3.63, 3.8) is 0 Å². The Labute approximate surface area is 146 Å². The second-order valence-electron chi connectivity index (χ2n) is 5.61. The molecule has 8 heteroatoms. The molecule has 0 aliphatic heterocycles. The summed E-state index contributed by atoms with van der Waals surface area (Å²) < 4.78 is 44.1. The maximum Gasteiger partial charge on any atom is 0.417 e. The third-order valence-electron chi connectivity index (χ3n) is 3.62. The minimum atomic E-state index is -4.61. The van der Waals surface area contributed by atoms with Crippen LogP contribution in [0.3, 0.4) is 0 Å². The Morgan fingerprint density at radius 1 is 1.15 bits per heavy atom. The zero-order valence-corrected chi connectivity index (χ0v) is 13.7. The van der Waals surface area contributed by atoms with Crippen molar-refractivity contribution >= 4 is 5.91 Å². The Hall–Kier alpha value is -3.16. The van der Waals surface area contributed by atoms with E-state index in [9.17, 15) is 18.0 Å². The lowest BCUT2D eigenvalue weighted by molar-refractivity contribution is -0.137. The third-order valence-corrected chi connectivity index (χ3v) is 3.62. The molecular weight excluding hydrogens is 347 g/mol. The molecule has 5 nitrogen and oxygen atoms in total. The van der Waals surface area contributed by atoms with Crippen LogP contribution in [0.5, 0.6) is 0 Å². The first-order valence-corrected chi connectivity index (χ1v) is 7.68. The summed E-state index contributed by atoms with van der Waals surface area (Å²) >= 11 is 0. The SMILES string of the molecule is Cc1cccc(-c2nc(CNC(=O)c3ccccc3C(F)(F)F)no2)c1. The zero-order valence-electron chi connectivity index (χ0n) is 13.7. The number of alkyl halides is 3. The molecule has 0 unspecified atom stereocenters.